The highest BCUT2D eigenvalue weighted by Crippen LogP contribution is 2.35. The number of ether oxygens (including phenoxy) is 1. The minimum Gasteiger partial charge on any atom is -0.459 e. The van der Waals surface area contributed by atoms with Gasteiger partial charge in [0.2, 0.25) is 5.91 Å². The van der Waals surface area contributed by atoms with Crippen molar-refractivity contribution >= 4 is 23.5 Å². The SMILES string of the molecule is CC1=C(C(=O)OC2CCCCCC2)[C@@H](c2cccc(Cl)c2)CC(=O)N1. The van der Waals surface area contributed by atoms with E-state index in [9.17, 15) is 9.59 Å². The van der Waals surface area contributed by atoms with Crippen molar-refractivity contribution in [3.8, 4) is 0 Å². The maximum atomic E-state index is 12.9. The molecule has 0 spiro atoms. The van der Waals surface area contributed by atoms with Gasteiger partial charge in [-0.3, -0.25) is 4.79 Å². The molecule has 0 unspecified atom stereocenters. The summed E-state index contributed by atoms with van der Waals surface area (Å²) in [6.45, 7) is 1.76. The molecule has 5 heteroatoms. The molecule has 1 heterocycles. The largest absolute Gasteiger partial charge is 0.459 e. The van der Waals surface area contributed by atoms with Crippen LogP contribution in [0.4, 0.5) is 0 Å². The minimum absolute atomic E-state index is 0.0204. The summed E-state index contributed by atoms with van der Waals surface area (Å²) >= 11 is 6.11. The van der Waals surface area contributed by atoms with Gasteiger partial charge in [0, 0.05) is 23.1 Å². The lowest BCUT2D eigenvalue weighted by molar-refractivity contribution is -0.145. The first kappa shape index (κ1) is 18.0. The number of amides is 1. The summed E-state index contributed by atoms with van der Waals surface area (Å²) in [4.78, 5) is 24.9. The van der Waals surface area contributed by atoms with E-state index in [0.29, 0.717) is 16.3 Å². The van der Waals surface area contributed by atoms with Crippen LogP contribution in [0.5, 0.6) is 0 Å². The molecule has 4 nitrogen and oxygen atoms in total. The Morgan fingerprint density at radius 2 is 1.92 bits per heavy atom. The number of halogens is 1. The molecule has 0 aromatic heterocycles. The Morgan fingerprint density at radius 3 is 2.60 bits per heavy atom. The fraction of sp³-hybridized carbons (Fsp3) is 0.500. The Balaban J connectivity index is 1.85. The Bertz CT molecular complexity index is 690. The second-order valence-corrected chi connectivity index (χ2v) is 7.35. The van der Waals surface area contributed by atoms with Gasteiger partial charge in [0.15, 0.2) is 0 Å². The molecule has 1 aliphatic carbocycles. The summed E-state index contributed by atoms with van der Waals surface area (Å²) < 4.78 is 5.82. The fourth-order valence-electron chi connectivity index (χ4n) is 3.75. The molecule has 1 amide bonds. The molecule has 1 fully saturated rings. The number of benzene rings is 1. The molecule has 1 aromatic rings. The molecule has 2 aliphatic rings. The maximum absolute atomic E-state index is 12.9. The molecule has 3 rings (SSSR count). The van der Waals surface area contributed by atoms with Gasteiger partial charge in [0.25, 0.3) is 0 Å². The highest BCUT2D eigenvalue weighted by Gasteiger charge is 2.34. The lowest BCUT2D eigenvalue weighted by Gasteiger charge is -2.28. The lowest BCUT2D eigenvalue weighted by atomic mass is 9.84. The van der Waals surface area contributed by atoms with E-state index in [1.54, 1.807) is 13.0 Å². The van der Waals surface area contributed by atoms with Crippen LogP contribution in [0.3, 0.4) is 0 Å². The molecule has 1 aliphatic heterocycles. The Labute approximate surface area is 153 Å². The van der Waals surface area contributed by atoms with E-state index in [2.05, 4.69) is 5.32 Å². The van der Waals surface area contributed by atoms with Crippen LogP contribution in [0.1, 0.15) is 63.4 Å². The quantitative estimate of drug-likeness (QED) is 0.637. The highest BCUT2D eigenvalue weighted by atomic mass is 35.5. The molecule has 1 N–H and O–H groups in total. The smallest absolute Gasteiger partial charge is 0.336 e. The van der Waals surface area contributed by atoms with Gasteiger partial charge in [-0.1, -0.05) is 36.6 Å². The van der Waals surface area contributed by atoms with Crippen LogP contribution in [-0.2, 0) is 14.3 Å². The number of allylic oxidation sites excluding steroid dienone is 1. The molecule has 1 atom stereocenters. The van der Waals surface area contributed by atoms with E-state index in [1.165, 1.54) is 12.8 Å². The first-order chi connectivity index (χ1) is 12.0. The average molecular weight is 362 g/mol. The molecule has 0 bridgehead atoms. The topological polar surface area (TPSA) is 55.4 Å². The highest BCUT2D eigenvalue weighted by molar-refractivity contribution is 6.30. The Morgan fingerprint density at radius 1 is 1.20 bits per heavy atom. The third kappa shape index (κ3) is 4.43. The molecule has 0 saturated heterocycles. The van der Waals surface area contributed by atoms with Crippen molar-refractivity contribution in [2.75, 3.05) is 0 Å². The van der Waals surface area contributed by atoms with E-state index in [0.717, 1.165) is 31.2 Å². The summed E-state index contributed by atoms with van der Waals surface area (Å²) in [5.41, 5.74) is 2.00. The number of nitrogens with one attached hydrogen (secondary N) is 1. The van der Waals surface area contributed by atoms with Crippen molar-refractivity contribution < 1.29 is 14.3 Å². The monoisotopic (exact) mass is 361 g/mol. The predicted octanol–water partition coefficient (Wildman–Crippen LogP) is 4.48. The third-order valence-electron chi connectivity index (χ3n) is 5.02. The number of hydrogen-bond donors (Lipinski definition) is 1. The zero-order valence-corrected chi connectivity index (χ0v) is 15.3. The number of rotatable bonds is 3. The Kier molecular flexibility index (Phi) is 5.79. The second-order valence-electron chi connectivity index (χ2n) is 6.92. The van der Waals surface area contributed by atoms with Crippen LogP contribution < -0.4 is 5.32 Å². The molecule has 0 radical (unpaired) electrons. The van der Waals surface area contributed by atoms with Crippen molar-refractivity contribution in [1.29, 1.82) is 0 Å². The molecule has 1 aromatic carbocycles. The maximum Gasteiger partial charge on any atom is 0.336 e. The van der Waals surface area contributed by atoms with Gasteiger partial charge in [-0.2, -0.15) is 0 Å². The van der Waals surface area contributed by atoms with Crippen LogP contribution in [0.25, 0.3) is 0 Å². The first-order valence-corrected chi connectivity index (χ1v) is 9.39. The van der Waals surface area contributed by atoms with Crippen LogP contribution >= 0.6 is 11.6 Å². The zero-order chi connectivity index (χ0) is 17.8. The predicted molar refractivity (Wildman–Crippen MR) is 97.2 cm³/mol. The van der Waals surface area contributed by atoms with Crippen molar-refractivity contribution in [3.05, 3.63) is 46.1 Å². The standard InChI is InChI=1S/C20H24ClNO3/c1-13-19(20(24)25-16-9-4-2-3-5-10-16)17(12-18(23)22-13)14-7-6-8-15(21)11-14/h6-8,11,16-17H,2-5,9-10,12H2,1H3,(H,22,23)/t17-/m1/s1. The molecule has 1 saturated carbocycles. The number of esters is 1. The molecular weight excluding hydrogens is 338 g/mol. The van der Waals surface area contributed by atoms with Gasteiger partial charge in [0.1, 0.15) is 6.10 Å². The van der Waals surface area contributed by atoms with E-state index in [-0.39, 0.29) is 30.3 Å². The minimum atomic E-state index is -0.314. The summed E-state index contributed by atoms with van der Waals surface area (Å²) in [5.74, 6) is -0.714. The van der Waals surface area contributed by atoms with Gasteiger partial charge in [-0.05, 0) is 50.3 Å². The van der Waals surface area contributed by atoms with Crippen LogP contribution in [0.2, 0.25) is 5.02 Å². The van der Waals surface area contributed by atoms with Gasteiger partial charge < -0.3 is 10.1 Å². The van der Waals surface area contributed by atoms with E-state index in [1.807, 2.05) is 18.2 Å². The van der Waals surface area contributed by atoms with Crippen LogP contribution in [0, 0.1) is 0 Å². The van der Waals surface area contributed by atoms with Crippen molar-refractivity contribution in [2.24, 2.45) is 0 Å². The number of hydrogen-bond acceptors (Lipinski definition) is 3. The number of carbonyl (C=O) groups is 2. The molecule has 25 heavy (non-hydrogen) atoms. The van der Waals surface area contributed by atoms with Crippen LogP contribution in [-0.4, -0.2) is 18.0 Å². The first-order valence-electron chi connectivity index (χ1n) is 9.01. The number of carbonyl (C=O) groups excluding carboxylic acids is 2. The van der Waals surface area contributed by atoms with Crippen LogP contribution in [0.15, 0.2) is 35.5 Å². The molecule has 134 valence electrons. The second kappa shape index (κ2) is 8.05. The fourth-order valence-corrected chi connectivity index (χ4v) is 3.95. The van der Waals surface area contributed by atoms with Gasteiger partial charge in [0.05, 0.1) is 5.57 Å². The summed E-state index contributed by atoms with van der Waals surface area (Å²) in [6, 6.07) is 7.35. The van der Waals surface area contributed by atoms with Crippen molar-refractivity contribution in [1.82, 2.24) is 5.32 Å². The van der Waals surface area contributed by atoms with E-state index in [4.69, 9.17) is 16.3 Å². The van der Waals surface area contributed by atoms with E-state index < -0.39 is 0 Å². The van der Waals surface area contributed by atoms with Gasteiger partial charge in [-0.25, -0.2) is 4.79 Å². The summed E-state index contributed by atoms with van der Waals surface area (Å²) in [7, 11) is 0. The van der Waals surface area contributed by atoms with Gasteiger partial charge >= 0.3 is 5.97 Å². The Hall–Kier alpha value is -1.81. The average Bonchev–Trinajstić information content (AvgIpc) is 2.82. The normalized spacial score (nSPS) is 22.3. The summed E-state index contributed by atoms with van der Waals surface area (Å²) in [5, 5.41) is 3.38. The van der Waals surface area contributed by atoms with Crippen molar-refractivity contribution in [3.63, 3.8) is 0 Å². The molecular formula is C20H24ClNO3. The van der Waals surface area contributed by atoms with E-state index >= 15 is 0 Å². The van der Waals surface area contributed by atoms with Crippen molar-refractivity contribution in [2.45, 2.75) is 63.9 Å². The lowest BCUT2D eigenvalue weighted by Crippen LogP contribution is -2.35. The zero-order valence-electron chi connectivity index (χ0n) is 14.5. The van der Waals surface area contributed by atoms with Gasteiger partial charge in [-0.15, -0.1) is 0 Å². The third-order valence-corrected chi connectivity index (χ3v) is 5.25. The summed E-state index contributed by atoms with van der Waals surface area (Å²) in [6.07, 6.45) is 6.67.